The van der Waals surface area contributed by atoms with Crippen molar-refractivity contribution < 1.29 is 4.79 Å². The third-order valence-corrected chi connectivity index (χ3v) is 3.43. The zero-order valence-electron chi connectivity index (χ0n) is 10.1. The van der Waals surface area contributed by atoms with Crippen LogP contribution in [0, 0.1) is 5.92 Å². The fourth-order valence-electron chi connectivity index (χ4n) is 2.20. The SMILES string of the molecule is O=C1N=NC(Cc2ccc(Cl)cc2)=C2C=CC=CC12. The smallest absolute Gasteiger partial charge is 0.270 e. The quantitative estimate of drug-likeness (QED) is 0.804. The van der Waals surface area contributed by atoms with Gasteiger partial charge in [-0.25, -0.2) is 0 Å². The molecule has 0 saturated carbocycles. The Balaban J connectivity index is 1.93. The molecule has 1 unspecified atom stereocenters. The number of carbonyl (C=O) groups is 1. The minimum absolute atomic E-state index is 0.199. The van der Waals surface area contributed by atoms with E-state index >= 15 is 0 Å². The molecule has 0 spiro atoms. The number of rotatable bonds is 2. The molecule has 1 aromatic carbocycles. The lowest BCUT2D eigenvalue weighted by Gasteiger charge is -2.19. The number of nitrogens with zero attached hydrogens (tertiary/aromatic N) is 2. The molecule has 1 atom stereocenters. The molecule has 0 bridgehead atoms. The summed E-state index contributed by atoms with van der Waals surface area (Å²) in [4.78, 5) is 11.7. The minimum atomic E-state index is -0.273. The molecule has 4 heteroatoms. The van der Waals surface area contributed by atoms with E-state index in [1.165, 1.54) is 0 Å². The first kappa shape index (κ1) is 12.1. The van der Waals surface area contributed by atoms with Crippen LogP contribution in [0.1, 0.15) is 5.56 Å². The molecule has 2 aliphatic rings. The predicted octanol–water partition coefficient (Wildman–Crippen LogP) is 3.87. The first-order valence-corrected chi connectivity index (χ1v) is 6.40. The van der Waals surface area contributed by atoms with Gasteiger partial charge in [-0.3, -0.25) is 4.79 Å². The summed E-state index contributed by atoms with van der Waals surface area (Å²) in [6.45, 7) is 0. The largest absolute Gasteiger partial charge is 0.275 e. The number of benzene rings is 1. The van der Waals surface area contributed by atoms with Gasteiger partial charge in [-0.15, -0.1) is 5.11 Å². The van der Waals surface area contributed by atoms with Crippen molar-refractivity contribution in [2.45, 2.75) is 6.42 Å². The van der Waals surface area contributed by atoms with Gasteiger partial charge in [0.05, 0.1) is 11.6 Å². The molecule has 3 rings (SSSR count). The summed E-state index contributed by atoms with van der Waals surface area (Å²) in [6, 6.07) is 7.61. The van der Waals surface area contributed by atoms with E-state index in [4.69, 9.17) is 11.6 Å². The number of fused-ring (bicyclic) bond motifs is 1. The van der Waals surface area contributed by atoms with E-state index in [0.29, 0.717) is 11.4 Å². The minimum Gasteiger partial charge on any atom is -0.270 e. The molecular weight excluding hydrogens is 260 g/mol. The van der Waals surface area contributed by atoms with E-state index in [2.05, 4.69) is 10.2 Å². The van der Waals surface area contributed by atoms with E-state index in [1.807, 2.05) is 48.6 Å². The molecule has 0 N–H and O–H groups in total. The van der Waals surface area contributed by atoms with Crippen molar-refractivity contribution in [3.8, 4) is 0 Å². The van der Waals surface area contributed by atoms with E-state index in [0.717, 1.165) is 16.8 Å². The second-order valence-electron chi connectivity index (χ2n) is 4.47. The molecule has 1 aromatic rings. The molecule has 0 saturated heterocycles. The Kier molecular flexibility index (Phi) is 3.13. The molecular formula is C15H11ClN2O. The average molecular weight is 271 g/mol. The predicted molar refractivity (Wildman–Crippen MR) is 73.8 cm³/mol. The number of amides is 1. The lowest BCUT2D eigenvalue weighted by molar-refractivity contribution is -0.120. The second kappa shape index (κ2) is 4.94. The number of carbonyl (C=O) groups excluding carboxylic acids is 1. The van der Waals surface area contributed by atoms with Crippen LogP contribution in [-0.4, -0.2) is 5.91 Å². The normalized spacial score (nSPS) is 20.9. The zero-order valence-corrected chi connectivity index (χ0v) is 10.8. The first-order chi connectivity index (χ1) is 9.24. The summed E-state index contributed by atoms with van der Waals surface area (Å²) in [6.07, 6.45) is 8.23. The summed E-state index contributed by atoms with van der Waals surface area (Å²) in [5.74, 6) is -0.472. The monoisotopic (exact) mass is 270 g/mol. The van der Waals surface area contributed by atoms with Gasteiger partial charge in [-0.1, -0.05) is 48.0 Å². The summed E-state index contributed by atoms with van der Waals surface area (Å²) in [7, 11) is 0. The fourth-order valence-corrected chi connectivity index (χ4v) is 2.32. The second-order valence-corrected chi connectivity index (χ2v) is 4.90. The van der Waals surface area contributed by atoms with Gasteiger partial charge in [0.2, 0.25) is 0 Å². The molecule has 19 heavy (non-hydrogen) atoms. The van der Waals surface area contributed by atoms with Crippen molar-refractivity contribution >= 4 is 17.5 Å². The maximum atomic E-state index is 11.7. The lowest BCUT2D eigenvalue weighted by atomic mass is 9.89. The first-order valence-electron chi connectivity index (χ1n) is 6.02. The van der Waals surface area contributed by atoms with E-state index < -0.39 is 0 Å². The van der Waals surface area contributed by atoms with E-state index in [-0.39, 0.29) is 11.8 Å². The van der Waals surface area contributed by atoms with Gasteiger partial charge >= 0.3 is 0 Å². The highest BCUT2D eigenvalue weighted by Crippen LogP contribution is 2.30. The van der Waals surface area contributed by atoms with Crippen molar-refractivity contribution in [2.75, 3.05) is 0 Å². The molecule has 0 aromatic heterocycles. The Morgan fingerprint density at radius 2 is 1.89 bits per heavy atom. The third-order valence-electron chi connectivity index (χ3n) is 3.18. The van der Waals surface area contributed by atoms with Crippen LogP contribution < -0.4 is 0 Å². The summed E-state index contributed by atoms with van der Waals surface area (Å²) in [5, 5.41) is 8.48. The molecule has 94 valence electrons. The molecule has 0 radical (unpaired) electrons. The van der Waals surface area contributed by atoms with Gasteiger partial charge in [-0.05, 0) is 23.3 Å². The van der Waals surface area contributed by atoms with Crippen molar-refractivity contribution in [1.29, 1.82) is 0 Å². The van der Waals surface area contributed by atoms with Gasteiger partial charge < -0.3 is 0 Å². The van der Waals surface area contributed by atoms with Gasteiger partial charge in [0.1, 0.15) is 0 Å². The van der Waals surface area contributed by atoms with Crippen molar-refractivity contribution in [3.05, 3.63) is 70.4 Å². The highest BCUT2D eigenvalue weighted by molar-refractivity contribution is 6.30. The Morgan fingerprint density at radius 1 is 1.11 bits per heavy atom. The number of hydrogen-bond donors (Lipinski definition) is 0. The maximum Gasteiger partial charge on any atom is 0.275 e. The van der Waals surface area contributed by atoms with E-state index in [1.54, 1.807) is 0 Å². The number of azo groups is 1. The topological polar surface area (TPSA) is 41.8 Å². The summed E-state index contributed by atoms with van der Waals surface area (Å²) >= 11 is 5.87. The maximum absolute atomic E-state index is 11.7. The molecule has 1 aliphatic heterocycles. The highest BCUT2D eigenvalue weighted by Gasteiger charge is 2.26. The Bertz CT molecular complexity index is 639. The van der Waals surface area contributed by atoms with Crippen molar-refractivity contribution in [1.82, 2.24) is 0 Å². The van der Waals surface area contributed by atoms with Crippen LogP contribution in [-0.2, 0) is 11.2 Å². The fraction of sp³-hybridized carbons (Fsp3) is 0.133. The van der Waals surface area contributed by atoms with Crippen LogP contribution in [0.5, 0.6) is 0 Å². The van der Waals surface area contributed by atoms with Gasteiger partial charge in [0, 0.05) is 11.4 Å². The molecule has 1 aliphatic carbocycles. The third kappa shape index (κ3) is 2.42. The van der Waals surface area contributed by atoms with E-state index in [9.17, 15) is 4.79 Å². The molecule has 0 fully saturated rings. The number of allylic oxidation sites excluding steroid dienone is 4. The zero-order chi connectivity index (χ0) is 13.2. The van der Waals surface area contributed by atoms with Crippen LogP contribution in [0.3, 0.4) is 0 Å². The van der Waals surface area contributed by atoms with Crippen LogP contribution in [0.4, 0.5) is 0 Å². The summed E-state index contributed by atoms with van der Waals surface area (Å²) < 4.78 is 0. The van der Waals surface area contributed by atoms with Crippen molar-refractivity contribution in [2.24, 2.45) is 16.1 Å². The Labute approximate surface area is 116 Å². The van der Waals surface area contributed by atoms with Crippen LogP contribution in [0.15, 0.2) is 70.1 Å². The van der Waals surface area contributed by atoms with Gasteiger partial charge in [0.15, 0.2) is 0 Å². The van der Waals surface area contributed by atoms with Crippen LogP contribution >= 0.6 is 11.6 Å². The van der Waals surface area contributed by atoms with Gasteiger partial charge in [0.25, 0.3) is 5.91 Å². The lowest BCUT2D eigenvalue weighted by Crippen LogP contribution is -2.18. The highest BCUT2D eigenvalue weighted by atomic mass is 35.5. The number of halogens is 1. The Morgan fingerprint density at radius 3 is 2.68 bits per heavy atom. The average Bonchev–Trinajstić information content (AvgIpc) is 2.45. The van der Waals surface area contributed by atoms with Crippen LogP contribution in [0.25, 0.3) is 0 Å². The molecule has 1 amide bonds. The molecule has 3 nitrogen and oxygen atoms in total. The van der Waals surface area contributed by atoms with Crippen LogP contribution in [0.2, 0.25) is 5.02 Å². The summed E-state index contributed by atoms with van der Waals surface area (Å²) in [5.41, 5.74) is 2.88. The Hall–Kier alpha value is -2.00. The standard InChI is InChI=1S/C15H11ClN2O/c16-11-7-5-10(6-8-11)9-14-12-3-1-2-4-13(12)15(19)18-17-14/h1-8,13H,9H2. The van der Waals surface area contributed by atoms with Crippen molar-refractivity contribution in [3.63, 3.8) is 0 Å². The van der Waals surface area contributed by atoms with Gasteiger partial charge in [-0.2, -0.15) is 5.11 Å². The molecule has 1 heterocycles. The number of hydrogen-bond acceptors (Lipinski definition) is 2.